The number of nitrogens with zero attached hydrogens (tertiary/aromatic N) is 1. The normalized spacial score (nSPS) is 12.8. The van der Waals surface area contributed by atoms with Crippen LogP contribution >= 0.6 is 0 Å². The molecule has 0 aliphatic rings. The van der Waals surface area contributed by atoms with Crippen molar-refractivity contribution in [2.75, 3.05) is 6.61 Å². The van der Waals surface area contributed by atoms with Crippen LogP contribution in [0.4, 0.5) is 0 Å². The molecule has 1 heterocycles. The first-order valence-corrected chi connectivity index (χ1v) is 4.14. The smallest absolute Gasteiger partial charge is 0.328 e. The zero-order valence-electron chi connectivity index (χ0n) is 7.73. The van der Waals surface area contributed by atoms with Crippen LogP contribution in [0.5, 0.6) is 0 Å². The molecule has 1 aromatic rings. The van der Waals surface area contributed by atoms with Gasteiger partial charge in [-0.1, -0.05) is 0 Å². The number of H-pyrrole nitrogens is 1. The zero-order valence-corrected chi connectivity index (χ0v) is 7.73. The van der Waals surface area contributed by atoms with Crippen LogP contribution in [0.1, 0.15) is 5.56 Å². The number of nitrogens with one attached hydrogen (secondary N) is 1. The Kier molecular flexibility index (Phi) is 3.21. The van der Waals surface area contributed by atoms with Crippen molar-refractivity contribution in [1.29, 1.82) is 0 Å². The highest BCUT2D eigenvalue weighted by atomic mass is 16.3. The molecule has 3 N–H and O–H groups in total. The van der Waals surface area contributed by atoms with E-state index >= 15 is 0 Å². The highest BCUT2D eigenvalue weighted by molar-refractivity contribution is 5.00. The summed E-state index contributed by atoms with van der Waals surface area (Å²) in [5.41, 5.74) is -0.646. The lowest BCUT2D eigenvalue weighted by Gasteiger charge is -2.09. The molecule has 1 atom stereocenters. The summed E-state index contributed by atoms with van der Waals surface area (Å²) < 4.78 is 1.15. The van der Waals surface area contributed by atoms with Crippen molar-refractivity contribution >= 4 is 0 Å². The monoisotopic (exact) mass is 200 g/mol. The van der Waals surface area contributed by atoms with Crippen LogP contribution in [-0.2, 0) is 6.54 Å². The molecule has 0 fully saturated rings. The summed E-state index contributed by atoms with van der Waals surface area (Å²) in [6.07, 6.45) is 0.345. The molecule has 0 spiro atoms. The molecular formula is C8H12N2O4. The summed E-state index contributed by atoms with van der Waals surface area (Å²) in [7, 11) is 0. The van der Waals surface area contributed by atoms with Gasteiger partial charge in [0.15, 0.2) is 0 Å². The predicted octanol–water partition coefficient (Wildman–Crippen LogP) is -1.80. The van der Waals surface area contributed by atoms with Gasteiger partial charge >= 0.3 is 5.69 Å². The van der Waals surface area contributed by atoms with E-state index in [4.69, 9.17) is 10.2 Å². The molecule has 0 saturated carbocycles. The summed E-state index contributed by atoms with van der Waals surface area (Å²) in [6, 6.07) is 0. The fraction of sp³-hybridized carbons (Fsp3) is 0.500. The highest BCUT2D eigenvalue weighted by Gasteiger charge is 2.06. The number of aromatic nitrogens is 2. The van der Waals surface area contributed by atoms with Crippen LogP contribution in [0.25, 0.3) is 0 Å². The van der Waals surface area contributed by atoms with Crippen LogP contribution < -0.4 is 11.2 Å². The van der Waals surface area contributed by atoms with Gasteiger partial charge in [0.2, 0.25) is 0 Å². The summed E-state index contributed by atoms with van der Waals surface area (Å²) in [6.45, 7) is 1.09. The average molecular weight is 200 g/mol. The van der Waals surface area contributed by atoms with Crippen LogP contribution in [0, 0.1) is 6.92 Å². The Hall–Kier alpha value is -1.40. The van der Waals surface area contributed by atoms with E-state index in [0.29, 0.717) is 5.56 Å². The molecule has 1 aromatic heterocycles. The number of aliphatic hydroxyl groups excluding tert-OH is 2. The summed E-state index contributed by atoms with van der Waals surface area (Å²) in [4.78, 5) is 24.2. The van der Waals surface area contributed by atoms with Gasteiger partial charge in [-0.2, -0.15) is 0 Å². The van der Waals surface area contributed by atoms with Gasteiger partial charge in [-0.05, 0) is 6.92 Å². The molecule has 0 unspecified atom stereocenters. The number of aromatic amines is 1. The highest BCUT2D eigenvalue weighted by Crippen LogP contribution is 1.88. The topological polar surface area (TPSA) is 95.3 Å². The fourth-order valence-electron chi connectivity index (χ4n) is 1.04. The van der Waals surface area contributed by atoms with E-state index in [2.05, 4.69) is 4.98 Å². The third-order valence-electron chi connectivity index (χ3n) is 1.81. The Balaban J connectivity index is 3.04. The number of hydrogen-bond acceptors (Lipinski definition) is 4. The molecule has 0 aromatic carbocycles. The first-order valence-electron chi connectivity index (χ1n) is 4.14. The number of rotatable bonds is 3. The molecule has 78 valence electrons. The van der Waals surface area contributed by atoms with Gasteiger partial charge in [-0.3, -0.25) is 14.3 Å². The predicted molar refractivity (Wildman–Crippen MR) is 49.2 cm³/mol. The van der Waals surface area contributed by atoms with Crippen LogP contribution in [0.2, 0.25) is 0 Å². The Morgan fingerprint density at radius 3 is 2.79 bits per heavy atom. The third-order valence-corrected chi connectivity index (χ3v) is 1.81. The van der Waals surface area contributed by atoms with Gasteiger partial charge < -0.3 is 10.2 Å². The minimum Gasteiger partial charge on any atom is -0.394 e. The second-order valence-corrected chi connectivity index (χ2v) is 3.06. The minimum atomic E-state index is -1.00. The molecule has 0 amide bonds. The number of hydrogen-bond donors (Lipinski definition) is 3. The maximum Gasteiger partial charge on any atom is 0.328 e. The number of aryl methyl sites for hydroxylation is 1. The quantitative estimate of drug-likeness (QED) is 0.536. The maximum absolute atomic E-state index is 11.2. The molecule has 0 saturated heterocycles. The van der Waals surface area contributed by atoms with Crippen molar-refractivity contribution in [1.82, 2.24) is 9.55 Å². The van der Waals surface area contributed by atoms with Crippen molar-refractivity contribution in [2.24, 2.45) is 0 Å². The van der Waals surface area contributed by atoms with Crippen molar-refractivity contribution in [3.63, 3.8) is 0 Å². The Morgan fingerprint density at radius 1 is 1.57 bits per heavy atom. The van der Waals surface area contributed by atoms with Crippen molar-refractivity contribution < 1.29 is 10.2 Å². The zero-order chi connectivity index (χ0) is 10.7. The van der Waals surface area contributed by atoms with Crippen molar-refractivity contribution in [2.45, 2.75) is 19.6 Å². The third kappa shape index (κ3) is 2.30. The Bertz CT molecular complexity index is 420. The van der Waals surface area contributed by atoms with Gasteiger partial charge in [-0.25, -0.2) is 4.79 Å². The van der Waals surface area contributed by atoms with Crippen molar-refractivity contribution in [3.05, 3.63) is 32.6 Å². The second-order valence-electron chi connectivity index (χ2n) is 3.06. The number of aliphatic hydroxyl groups is 2. The van der Waals surface area contributed by atoms with Gasteiger partial charge in [0.1, 0.15) is 0 Å². The molecule has 6 heteroatoms. The van der Waals surface area contributed by atoms with E-state index in [1.54, 1.807) is 6.92 Å². The summed E-state index contributed by atoms with van der Waals surface area (Å²) in [5, 5.41) is 17.7. The first-order chi connectivity index (χ1) is 6.54. The molecule has 1 rings (SSSR count). The average Bonchev–Trinajstić information content (AvgIpc) is 2.14. The van der Waals surface area contributed by atoms with E-state index in [0.717, 1.165) is 4.57 Å². The largest absolute Gasteiger partial charge is 0.394 e. The van der Waals surface area contributed by atoms with Gasteiger partial charge in [0.05, 0.1) is 19.3 Å². The molecular weight excluding hydrogens is 188 g/mol. The van der Waals surface area contributed by atoms with Gasteiger partial charge in [-0.15, -0.1) is 0 Å². The van der Waals surface area contributed by atoms with Crippen molar-refractivity contribution in [3.8, 4) is 0 Å². The minimum absolute atomic E-state index is 0.0348. The maximum atomic E-state index is 11.2. The van der Waals surface area contributed by atoms with E-state index in [9.17, 15) is 9.59 Å². The molecule has 14 heavy (non-hydrogen) atoms. The standard InChI is InChI=1S/C8H12N2O4/c1-5-2-10(3-6(12)4-11)8(14)9-7(5)13/h2,6,11-12H,3-4H2,1H3,(H,9,13,14)/t6-/m0/s1. The molecule has 0 radical (unpaired) electrons. The van der Waals surface area contributed by atoms with E-state index in [1.165, 1.54) is 6.20 Å². The van der Waals surface area contributed by atoms with E-state index in [-0.39, 0.29) is 6.54 Å². The summed E-state index contributed by atoms with van der Waals surface area (Å²) >= 11 is 0. The SMILES string of the molecule is Cc1cn(C[C@H](O)CO)c(=O)[nH]c1=O. The van der Waals surface area contributed by atoms with Crippen LogP contribution in [-0.4, -0.2) is 32.5 Å². The molecule has 0 aliphatic heterocycles. The summed E-state index contributed by atoms with van der Waals surface area (Å²) in [5.74, 6) is 0. The lowest BCUT2D eigenvalue weighted by atomic mass is 10.3. The Labute approximate surface area is 79.5 Å². The van der Waals surface area contributed by atoms with E-state index < -0.39 is 24.0 Å². The molecule has 6 nitrogen and oxygen atoms in total. The lowest BCUT2D eigenvalue weighted by Crippen LogP contribution is -2.34. The molecule has 0 bridgehead atoms. The van der Waals surface area contributed by atoms with Gasteiger partial charge in [0, 0.05) is 11.8 Å². The Morgan fingerprint density at radius 2 is 2.21 bits per heavy atom. The van der Waals surface area contributed by atoms with Crippen LogP contribution in [0.3, 0.4) is 0 Å². The van der Waals surface area contributed by atoms with Gasteiger partial charge in [0.25, 0.3) is 5.56 Å². The lowest BCUT2D eigenvalue weighted by molar-refractivity contribution is 0.0799. The first kappa shape index (κ1) is 10.7. The van der Waals surface area contributed by atoms with E-state index in [1.807, 2.05) is 0 Å². The van der Waals surface area contributed by atoms with Crippen LogP contribution in [0.15, 0.2) is 15.8 Å². The molecule has 0 aliphatic carbocycles. The second kappa shape index (κ2) is 4.21. The fourth-order valence-corrected chi connectivity index (χ4v) is 1.04.